The minimum absolute atomic E-state index is 0. The van der Waals surface area contributed by atoms with E-state index in [1.807, 2.05) is 40.3 Å². The van der Waals surface area contributed by atoms with Gasteiger partial charge in [-0.1, -0.05) is 28.1 Å². The van der Waals surface area contributed by atoms with Crippen LogP contribution in [0.3, 0.4) is 0 Å². The lowest BCUT2D eigenvalue weighted by Crippen LogP contribution is -2.24. The molecule has 1 aliphatic rings. The van der Waals surface area contributed by atoms with Gasteiger partial charge in [-0.15, -0.1) is 40.0 Å². The first-order valence-corrected chi connectivity index (χ1v) is 10.6. The molecular formula is C21H19Br2N3O3S. The number of rotatable bonds is 5. The average molecular weight is 553 g/mol. The van der Waals surface area contributed by atoms with Crippen LogP contribution in [0.1, 0.15) is 10.4 Å². The molecule has 9 heteroatoms. The maximum atomic E-state index is 12.4. The summed E-state index contributed by atoms with van der Waals surface area (Å²) in [5, 5.41) is 6.33. The van der Waals surface area contributed by atoms with E-state index in [0.29, 0.717) is 30.1 Å². The molecule has 156 valence electrons. The lowest BCUT2D eigenvalue weighted by atomic mass is 10.1. The molecule has 0 atom stereocenters. The third-order valence-electron chi connectivity index (χ3n) is 4.29. The number of thiazole rings is 1. The molecule has 0 aliphatic carbocycles. The highest BCUT2D eigenvalue weighted by atomic mass is 79.9. The number of hydrogen-bond acceptors (Lipinski definition) is 5. The van der Waals surface area contributed by atoms with Crippen LogP contribution in [0.2, 0.25) is 0 Å². The zero-order valence-corrected chi connectivity index (χ0v) is 20.0. The summed E-state index contributed by atoms with van der Waals surface area (Å²) in [5.41, 5.74) is 5.10. The monoisotopic (exact) mass is 551 g/mol. The molecule has 0 unspecified atom stereocenters. The SMILES string of the molecule is Br.C=CCn1c(-c2ccc3c(c2)OCCO3)csc1=NNC(=O)c1cccc(Br)c1. The van der Waals surface area contributed by atoms with Crippen molar-refractivity contribution >= 4 is 50.2 Å². The lowest BCUT2D eigenvalue weighted by molar-refractivity contribution is 0.0953. The summed E-state index contributed by atoms with van der Waals surface area (Å²) in [6.07, 6.45) is 1.80. The van der Waals surface area contributed by atoms with Gasteiger partial charge in [0.05, 0.1) is 5.69 Å². The highest BCUT2D eigenvalue weighted by Gasteiger charge is 2.15. The summed E-state index contributed by atoms with van der Waals surface area (Å²) >= 11 is 4.81. The van der Waals surface area contributed by atoms with Gasteiger partial charge in [0.2, 0.25) is 4.80 Å². The van der Waals surface area contributed by atoms with Gasteiger partial charge in [-0.3, -0.25) is 4.79 Å². The number of nitrogens with one attached hydrogen (secondary N) is 1. The summed E-state index contributed by atoms with van der Waals surface area (Å²) in [7, 11) is 0. The van der Waals surface area contributed by atoms with Crippen LogP contribution < -0.4 is 19.7 Å². The van der Waals surface area contributed by atoms with Crippen LogP contribution in [-0.4, -0.2) is 23.7 Å². The molecule has 0 saturated heterocycles. The van der Waals surface area contributed by atoms with E-state index in [-0.39, 0.29) is 22.9 Å². The van der Waals surface area contributed by atoms with Crippen molar-refractivity contribution in [2.45, 2.75) is 6.54 Å². The molecule has 0 spiro atoms. The van der Waals surface area contributed by atoms with Crippen LogP contribution in [0.15, 0.2) is 70.1 Å². The van der Waals surface area contributed by atoms with E-state index in [1.165, 1.54) is 11.3 Å². The van der Waals surface area contributed by atoms with E-state index in [9.17, 15) is 4.79 Å². The number of carbonyl (C=O) groups excluding carboxylic acids is 1. The van der Waals surface area contributed by atoms with E-state index in [0.717, 1.165) is 27.2 Å². The number of aromatic nitrogens is 1. The second-order valence-corrected chi connectivity index (χ2v) is 7.98. The van der Waals surface area contributed by atoms with Crippen molar-refractivity contribution in [1.29, 1.82) is 0 Å². The highest BCUT2D eigenvalue weighted by molar-refractivity contribution is 9.10. The number of amides is 1. The Bertz CT molecular complexity index is 1140. The van der Waals surface area contributed by atoms with Crippen molar-refractivity contribution in [3.63, 3.8) is 0 Å². The van der Waals surface area contributed by atoms with Gasteiger partial charge in [0.15, 0.2) is 11.5 Å². The van der Waals surface area contributed by atoms with Crippen molar-refractivity contribution < 1.29 is 14.3 Å². The summed E-state index contributed by atoms with van der Waals surface area (Å²) < 4.78 is 14.1. The minimum atomic E-state index is -0.272. The zero-order valence-electron chi connectivity index (χ0n) is 15.8. The fourth-order valence-electron chi connectivity index (χ4n) is 2.95. The van der Waals surface area contributed by atoms with Crippen molar-refractivity contribution in [3.8, 4) is 22.8 Å². The number of allylic oxidation sites excluding steroid dienone is 1. The predicted molar refractivity (Wildman–Crippen MR) is 126 cm³/mol. The molecule has 2 aromatic carbocycles. The molecule has 2 heterocycles. The maximum Gasteiger partial charge on any atom is 0.271 e. The number of carbonyl (C=O) groups is 1. The third kappa shape index (κ3) is 4.85. The number of fused-ring (bicyclic) bond motifs is 1. The van der Waals surface area contributed by atoms with Crippen LogP contribution in [0.5, 0.6) is 11.5 Å². The Balaban J connectivity index is 0.00000256. The Morgan fingerprint density at radius 2 is 2.03 bits per heavy atom. The van der Waals surface area contributed by atoms with Crippen LogP contribution in [0.4, 0.5) is 0 Å². The highest BCUT2D eigenvalue weighted by Crippen LogP contribution is 2.34. The fraction of sp³-hybridized carbons (Fsp3) is 0.143. The zero-order chi connectivity index (χ0) is 20.2. The van der Waals surface area contributed by atoms with Crippen LogP contribution in [0, 0.1) is 0 Å². The van der Waals surface area contributed by atoms with Gasteiger partial charge >= 0.3 is 0 Å². The largest absolute Gasteiger partial charge is 0.486 e. The van der Waals surface area contributed by atoms with E-state index < -0.39 is 0 Å². The first kappa shape index (κ1) is 22.3. The van der Waals surface area contributed by atoms with Gasteiger partial charge in [0.25, 0.3) is 5.91 Å². The second kappa shape index (κ2) is 10.1. The van der Waals surface area contributed by atoms with Gasteiger partial charge in [-0.25, -0.2) is 5.43 Å². The quantitative estimate of drug-likeness (QED) is 0.366. The van der Waals surface area contributed by atoms with Crippen molar-refractivity contribution in [3.05, 3.63) is 75.3 Å². The number of nitrogens with zero attached hydrogens (tertiary/aromatic N) is 2. The fourth-order valence-corrected chi connectivity index (χ4v) is 4.23. The molecule has 0 bridgehead atoms. The standard InChI is InChI=1S/C21H18BrN3O3S.BrH/c1-2-8-25-17(14-6-7-18-19(12-14)28-10-9-27-18)13-29-21(25)24-23-20(26)15-4-3-5-16(22)11-15;/h2-7,11-13H,1,8-10H2,(H,23,26);1H. The van der Waals surface area contributed by atoms with Gasteiger partial charge < -0.3 is 14.0 Å². The van der Waals surface area contributed by atoms with E-state index in [4.69, 9.17) is 9.47 Å². The van der Waals surface area contributed by atoms with E-state index >= 15 is 0 Å². The molecule has 0 saturated carbocycles. The van der Waals surface area contributed by atoms with Gasteiger partial charge in [0, 0.05) is 27.5 Å². The van der Waals surface area contributed by atoms with Gasteiger partial charge in [0.1, 0.15) is 13.2 Å². The Morgan fingerprint density at radius 3 is 2.80 bits per heavy atom. The first-order chi connectivity index (χ1) is 14.2. The number of hydrogen-bond donors (Lipinski definition) is 1. The maximum absolute atomic E-state index is 12.4. The van der Waals surface area contributed by atoms with Crippen molar-refractivity contribution in [2.24, 2.45) is 5.10 Å². The number of ether oxygens (including phenoxy) is 2. The third-order valence-corrected chi connectivity index (χ3v) is 5.64. The molecule has 1 aromatic heterocycles. The number of benzene rings is 2. The van der Waals surface area contributed by atoms with Crippen molar-refractivity contribution in [2.75, 3.05) is 13.2 Å². The topological polar surface area (TPSA) is 64.8 Å². The first-order valence-electron chi connectivity index (χ1n) is 8.94. The molecule has 0 fully saturated rings. The molecule has 3 aromatic rings. The van der Waals surface area contributed by atoms with Gasteiger partial charge in [-0.2, -0.15) is 0 Å². The Morgan fingerprint density at radius 1 is 1.23 bits per heavy atom. The van der Waals surface area contributed by atoms with Crippen molar-refractivity contribution in [1.82, 2.24) is 9.99 Å². The van der Waals surface area contributed by atoms with Crippen LogP contribution >= 0.6 is 44.2 Å². The normalized spacial score (nSPS) is 12.8. The summed E-state index contributed by atoms with van der Waals surface area (Å²) in [6, 6.07) is 13.0. The molecule has 6 nitrogen and oxygen atoms in total. The summed E-state index contributed by atoms with van der Waals surface area (Å²) in [6.45, 7) is 5.49. The van der Waals surface area contributed by atoms with Crippen LogP contribution in [0.25, 0.3) is 11.3 Å². The molecule has 1 aliphatic heterocycles. The molecule has 0 radical (unpaired) electrons. The van der Waals surface area contributed by atoms with Gasteiger partial charge in [-0.05, 0) is 36.4 Å². The molecular weight excluding hydrogens is 534 g/mol. The Kier molecular flexibility index (Phi) is 7.52. The molecule has 4 rings (SSSR count). The molecule has 1 amide bonds. The Hall–Kier alpha value is -2.36. The van der Waals surface area contributed by atoms with E-state index in [1.54, 1.807) is 18.2 Å². The molecule has 30 heavy (non-hydrogen) atoms. The number of halogens is 2. The average Bonchev–Trinajstić information content (AvgIpc) is 3.14. The van der Waals surface area contributed by atoms with Crippen LogP contribution in [-0.2, 0) is 6.54 Å². The lowest BCUT2D eigenvalue weighted by Gasteiger charge is -2.19. The predicted octanol–water partition coefficient (Wildman–Crippen LogP) is 4.76. The summed E-state index contributed by atoms with van der Waals surface area (Å²) in [5.74, 6) is 1.20. The smallest absolute Gasteiger partial charge is 0.271 e. The summed E-state index contributed by atoms with van der Waals surface area (Å²) in [4.78, 5) is 13.1. The second-order valence-electron chi connectivity index (χ2n) is 6.22. The molecule has 1 N–H and O–H groups in total. The van der Waals surface area contributed by atoms with E-state index in [2.05, 4.69) is 33.0 Å². The minimum Gasteiger partial charge on any atom is -0.486 e. The Labute approximate surface area is 196 Å².